The van der Waals surface area contributed by atoms with Crippen LogP contribution in [-0.4, -0.2) is 38.8 Å². The summed E-state index contributed by atoms with van der Waals surface area (Å²) in [6.07, 6.45) is 0. The average molecular weight is 289 g/mol. The standard InChI is InChI=1S/C16H23N3O2/c1-4-19-15-8-6-5-7-13(15)14(17-19)10-18(9-12(2)3)11-16(20)21/h5-8,12H,4,9-11H2,1-3H3,(H,20,21). The zero-order chi connectivity index (χ0) is 15.4. The quantitative estimate of drug-likeness (QED) is 0.851. The minimum atomic E-state index is -0.796. The lowest BCUT2D eigenvalue weighted by Crippen LogP contribution is -2.32. The van der Waals surface area contributed by atoms with Gasteiger partial charge in [-0.1, -0.05) is 32.0 Å². The average Bonchev–Trinajstić information content (AvgIpc) is 2.76. The molecule has 1 heterocycles. The summed E-state index contributed by atoms with van der Waals surface area (Å²) in [6.45, 7) is 8.42. The molecule has 0 aliphatic carbocycles. The molecular weight excluding hydrogens is 266 g/mol. The Bertz CT molecular complexity index is 619. The number of aromatic nitrogens is 2. The van der Waals surface area contributed by atoms with Gasteiger partial charge in [-0.25, -0.2) is 0 Å². The first-order valence-corrected chi connectivity index (χ1v) is 7.39. The van der Waals surface area contributed by atoms with Crippen LogP contribution in [0.15, 0.2) is 24.3 Å². The van der Waals surface area contributed by atoms with Gasteiger partial charge in [-0.3, -0.25) is 14.4 Å². The molecule has 0 bridgehead atoms. The largest absolute Gasteiger partial charge is 0.480 e. The van der Waals surface area contributed by atoms with Gasteiger partial charge in [0.05, 0.1) is 17.8 Å². The van der Waals surface area contributed by atoms with Crippen molar-refractivity contribution in [1.82, 2.24) is 14.7 Å². The topological polar surface area (TPSA) is 58.4 Å². The fraction of sp³-hybridized carbons (Fsp3) is 0.500. The first-order valence-electron chi connectivity index (χ1n) is 7.39. The van der Waals surface area contributed by atoms with E-state index in [0.717, 1.165) is 29.7 Å². The number of nitrogens with zero attached hydrogens (tertiary/aromatic N) is 3. The molecule has 0 spiro atoms. The highest BCUT2D eigenvalue weighted by Crippen LogP contribution is 2.20. The van der Waals surface area contributed by atoms with Gasteiger partial charge < -0.3 is 5.11 Å². The normalized spacial score (nSPS) is 11.7. The van der Waals surface area contributed by atoms with E-state index < -0.39 is 5.97 Å². The maximum Gasteiger partial charge on any atom is 0.317 e. The molecule has 0 aliphatic heterocycles. The molecule has 0 radical (unpaired) electrons. The zero-order valence-corrected chi connectivity index (χ0v) is 12.9. The van der Waals surface area contributed by atoms with Gasteiger partial charge in [-0.2, -0.15) is 5.10 Å². The molecule has 2 aromatic rings. The Labute approximate surface area is 125 Å². The van der Waals surface area contributed by atoms with Crippen LogP contribution in [0.5, 0.6) is 0 Å². The van der Waals surface area contributed by atoms with Crippen molar-refractivity contribution in [1.29, 1.82) is 0 Å². The lowest BCUT2D eigenvalue weighted by atomic mass is 10.1. The second kappa shape index (κ2) is 6.72. The molecule has 1 aromatic heterocycles. The first-order chi connectivity index (χ1) is 10.0. The first kappa shape index (κ1) is 15.5. The van der Waals surface area contributed by atoms with Crippen LogP contribution < -0.4 is 0 Å². The molecule has 1 aromatic carbocycles. The van der Waals surface area contributed by atoms with E-state index in [1.54, 1.807) is 0 Å². The molecule has 5 nitrogen and oxygen atoms in total. The van der Waals surface area contributed by atoms with Crippen molar-refractivity contribution in [3.63, 3.8) is 0 Å². The number of carboxylic acid groups (broad SMARTS) is 1. The third-order valence-electron chi connectivity index (χ3n) is 3.39. The highest BCUT2D eigenvalue weighted by atomic mass is 16.4. The molecule has 0 unspecified atom stereocenters. The maximum atomic E-state index is 11.0. The molecule has 1 N–H and O–H groups in total. The minimum absolute atomic E-state index is 0.0471. The van der Waals surface area contributed by atoms with Gasteiger partial charge in [0, 0.05) is 25.0 Å². The Hall–Kier alpha value is -1.88. The maximum absolute atomic E-state index is 11.0. The number of fused-ring (bicyclic) bond motifs is 1. The molecule has 5 heteroatoms. The van der Waals surface area contributed by atoms with Gasteiger partial charge in [-0.15, -0.1) is 0 Å². The van der Waals surface area contributed by atoms with Gasteiger partial charge in [0.1, 0.15) is 0 Å². The molecule has 0 fully saturated rings. The van der Waals surface area contributed by atoms with Crippen molar-refractivity contribution < 1.29 is 9.90 Å². The molecule has 21 heavy (non-hydrogen) atoms. The Morgan fingerprint density at radius 1 is 1.38 bits per heavy atom. The number of rotatable bonds is 7. The van der Waals surface area contributed by atoms with Crippen LogP contribution in [0.1, 0.15) is 26.5 Å². The van der Waals surface area contributed by atoms with Crippen LogP contribution in [0, 0.1) is 5.92 Å². The van der Waals surface area contributed by atoms with Gasteiger partial charge in [0.15, 0.2) is 0 Å². The number of carbonyl (C=O) groups is 1. The summed E-state index contributed by atoms with van der Waals surface area (Å²) < 4.78 is 1.97. The summed E-state index contributed by atoms with van der Waals surface area (Å²) in [4.78, 5) is 13.0. The smallest absolute Gasteiger partial charge is 0.317 e. The number of carboxylic acids is 1. The van der Waals surface area contributed by atoms with Crippen molar-refractivity contribution in [3.8, 4) is 0 Å². The second-order valence-corrected chi connectivity index (χ2v) is 5.74. The molecule has 0 amide bonds. The fourth-order valence-electron chi connectivity index (χ4n) is 2.66. The van der Waals surface area contributed by atoms with Crippen LogP contribution in [-0.2, 0) is 17.9 Å². The van der Waals surface area contributed by atoms with Crippen molar-refractivity contribution in [3.05, 3.63) is 30.0 Å². The number of para-hydroxylation sites is 1. The van der Waals surface area contributed by atoms with Crippen LogP contribution in [0.2, 0.25) is 0 Å². The lowest BCUT2D eigenvalue weighted by molar-refractivity contribution is -0.138. The Balaban J connectivity index is 2.29. The van der Waals surface area contributed by atoms with Crippen molar-refractivity contribution >= 4 is 16.9 Å². The van der Waals surface area contributed by atoms with E-state index in [9.17, 15) is 4.79 Å². The third-order valence-corrected chi connectivity index (χ3v) is 3.39. The molecular formula is C16H23N3O2. The molecule has 0 saturated carbocycles. The Morgan fingerprint density at radius 3 is 2.71 bits per heavy atom. The number of hydrogen-bond donors (Lipinski definition) is 1. The fourth-order valence-corrected chi connectivity index (χ4v) is 2.66. The van der Waals surface area contributed by atoms with E-state index in [1.165, 1.54) is 0 Å². The summed E-state index contributed by atoms with van der Waals surface area (Å²) >= 11 is 0. The molecule has 114 valence electrons. The zero-order valence-electron chi connectivity index (χ0n) is 12.9. The number of aliphatic carboxylic acids is 1. The monoisotopic (exact) mass is 289 g/mol. The Morgan fingerprint density at radius 2 is 2.10 bits per heavy atom. The predicted octanol–water partition coefficient (Wildman–Crippen LogP) is 2.60. The highest BCUT2D eigenvalue weighted by molar-refractivity contribution is 5.82. The molecule has 0 saturated heterocycles. The van der Waals surface area contributed by atoms with Gasteiger partial charge >= 0.3 is 5.97 Å². The van der Waals surface area contributed by atoms with E-state index >= 15 is 0 Å². The number of benzene rings is 1. The SMILES string of the molecule is CCn1nc(CN(CC(=O)O)CC(C)C)c2ccccc21. The summed E-state index contributed by atoms with van der Waals surface area (Å²) in [5.41, 5.74) is 2.06. The van der Waals surface area contributed by atoms with E-state index in [0.29, 0.717) is 12.5 Å². The van der Waals surface area contributed by atoms with Crippen molar-refractivity contribution in [2.45, 2.75) is 33.9 Å². The number of hydrogen-bond acceptors (Lipinski definition) is 3. The molecule has 0 aliphatic rings. The van der Waals surface area contributed by atoms with E-state index in [-0.39, 0.29) is 6.54 Å². The molecule has 2 rings (SSSR count). The van der Waals surface area contributed by atoms with Crippen LogP contribution in [0.3, 0.4) is 0 Å². The van der Waals surface area contributed by atoms with Gasteiger partial charge in [0.25, 0.3) is 0 Å². The summed E-state index contributed by atoms with van der Waals surface area (Å²) in [5.74, 6) is -0.376. The van der Waals surface area contributed by atoms with E-state index in [1.807, 2.05) is 21.7 Å². The van der Waals surface area contributed by atoms with Gasteiger partial charge in [0.2, 0.25) is 0 Å². The van der Waals surface area contributed by atoms with Crippen LogP contribution >= 0.6 is 0 Å². The summed E-state index contributed by atoms with van der Waals surface area (Å²) in [7, 11) is 0. The number of aryl methyl sites for hydroxylation is 1. The highest BCUT2D eigenvalue weighted by Gasteiger charge is 2.16. The summed E-state index contributed by atoms with van der Waals surface area (Å²) in [6, 6.07) is 8.11. The van der Waals surface area contributed by atoms with Crippen molar-refractivity contribution in [2.75, 3.05) is 13.1 Å². The lowest BCUT2D eigenvalue weighted by Gasteiger charge is -2.21. The minimum Gasteiger partial charge on any atom is -0.480 e. The van der Waals surface area contributed by atoms with Crippen LogP contribution in [0.4, 0.5) is 0 Å². The Kier molecular flexibility index (Phi) is 4.96. The third kappa shape index (κ3) is 3.82. The van der Waals surface area contributed by atoms with Crippen molar-refractivity contribution in [2.24, 2.45) is 5.92 Å². The van der Waals surface area contributed by atoms with E-state index in [4.69, 9.17) is 5.11 Å². The molecule has 0 atom stereocenters. The summed E-state index contributed by atoms with van der Waals surface area (Å²) in [5, 5.41) is 14.8. The van der Waals surface area contributed by atoms with Gasteiger partial charge in [-0.05, 0) is 18.9 Å². The predicted molar refractivity (Wildman–Crippen MR) is 83.2 cm³/mol. The second-order valence-electron chi connectivity index (χ2n) is 5.74. The van der Waals surface area contributed by atoms with Crippen LogP contribution in [0.25, 0.3) is 10.9 Å². The van der Waals surface area contributed by atoms with E-state index in [2.05, 4.69) is 38.0 Å².